The molecule has 0 aliphatic carbocycles. The summed E-state index contributed by atoms with van der Waals surface area (Å²) < 4.78 is 1.58. The van der Waals surface area contributed by atoms with E-state index in [-0.39, 0.29) is 11.8 Å². The van der Waals surface area contributed by atoms with Crippen molar-refractivity contribution in [2.75, 3.05) is 23.3 Å². The maximum Gasteiger partial charge on any atom is 0.231 e. The van der Waals surface area contributed by atoms with Gasteiger partial charge in [-0.1, -0.05) is 32.0 Å². The third-order valence-corrected chi connectivity index (χ3v) is 4.71. The molecule has 0 radical (unpaired) electrons. The van der Waals surface area contributed by atoms with E-state index in [9.17, 15) is 4.79 Å². The minimum atomic E-state index is -0.0602. The standard InChI is InChI=1S/C19H21N7O/c1-13(2)15-5-3-4-6-16(15)24-19(27)14-8-25(9-14)17-7-18(22-11-21-17)26-12-20-10-23-26/h3-7,10-14H,8-9H2,1-2H3,(H,24,27). The predicted octanol–water partition coefficient (Wildman–Crippen LogP) is 2.26. The maximum atomic E-state index is 12.6. The number of carbonyl (C=O) groups is 1. The summed E-state index contributed by atoms with van der Waals surface area (Å²) in [5, 5.41) is 7.15. The average molecular weight is 363 g/mol. The fourth-order valence-electron chi connectivity index (χ4n) is 3.14. The van der Waals surface area contributed by atoms with Crippen LogP contribution in [0.25, 0.3) is 5.82 Å². The van der Waals surface area contributed by atoms with E-state index in [1.54, 1.807) is 11.0 Å². The second-order valence-corrected chi connectivity index (χ2v) is 6.91. The molecule has 8 nitrogen and oxygen atoms in total. The van der Waals surface area contributed by atoms with Gasteiger partial charge in [0.1, 0.15) is 24.8 Å². The van der Waals surface area contributed by atoms with E-state index < -0.39 is 0 Å². The normalized spacial score (nSPS) is 14.3. The van der Waals surface area contributed by atoms with Gasteiger partial charge in [-0.05, 0) is 17.5 Å². The summed E-state index contributed by atoms with van der Waals surface area (Å²) in [5.74, 6) is 1.77. The minimum absolute atomic E-state index is 0.0462. The smallest absolute Gasteiger partial charge is 0.231 e. The Morgan fingerprint density at radius 2 is 1.93 bits per heavy atom. The van der Waals surface area contributed by atoms with E-state index in [0.29, 0.717) is 24.8 Å². The van der Waals surface area contributed by atoms with E-state index in [2.05, 4.69) is 50.2 Å². The third-order valence-electron chi connectivity index (χ3n) is 4.71. The van der Waals surface area contributed by atoms with Crippen LogP contribution < -0.4 is 10.2 Å². The third kappa shape index (κ3) is 3.51. The summed E-state index contributed by atoms with van der Waals surface area (Å²) in [6.07, 6.45) is 4.55. The Hall–Kier alpha value is -3.29. The highest BCUT2D eigenvalue weighted by molar-refractivity contribution is 5.95. The number of carbonyl (C=O) groups excluding carboxylic acids is 1. The molecule has 1 saturated heterocycles. The van der Waals surface area contributed by atoms with E-state index >= 15 is 0 Å². The van der Waals surface area contributed by atoms with Crippen molar-refractivity contribution >= 4 is 17.4 Å². The predicted molar refractivity (Wildman–Crippen MR) is 102 cm³/mol. The van der Waals surface area contributed by atoms with Crippen molar-refractivity contribution in [3.63, 3.8) is 0 Å². The molecule has 3 aromatic rings. The molecule has 1 fully saturated rings. The summed E-state index contributed by atoms with van der Waals surface area (Å²) in [4.78, 5) is 27.1. The zero-order valence-electron chi connectivity index (χ0n) is 15.3. The van der Waals surface area contributed by atoms with Crippen molar-refractivity contribution in [3.8, 4) is 5.82 Å². The zero-order chi connectivity index (χ0) is 18.8. The Labute approximate surface area is 157 Å². The van der Waals surface area contributed by atoms with E-state index in [1.165, 1.54) is 12.7 Å². The number of nitrogens with one attached hydrogen (secondary N) is 1. The molecule has 27 heavy (non-hydrogen) atoms. The number of benzene rings is 1. The van der Waals surface area contributed by atoms with Crippen molar-refractivity contribution in [2.24, 2.45) is 5.92 Å². The highest BCUT2D eigenvalue weighted by atomic mass is 16.2. The summed E-state index contributed by atoms with van der Waals surface area (Å²) in [5.41, 5.74) is 2.04. The molecule has 0 bridgehead atoms. The first-order valence-electron chi connectivity index (χ1n) is 8.93. The van der Waals surface area contributed by atoms with E-state index in [0.717, 1.165) is 17.1 Å². The maximum absolute atomic E-state index is 12.6. The monoisotopic (exact) mass is 363 g/mol. The van der Waals surface area contributed by atoms with Gasteiger partial charge in [0.05, 0.1) is 5.92 Å². The van der Waals surface area contributed by atoms with Crippen molar-refractivity contribution < 1.29 is 4.79 Å². The molecule has 1 amide bonds. The molecule has 0 saturated carbocycles. The Balaban J connectivity index is 1.40. The lowest BCUT2D eigenvalue weighted by molar-refractivity contribution is -0.120. The molecule has 1 N–H and O–H groups in total. The number of nitrogens with zero attached hydrogens (tertiary/aromatic N) is 6. The summed E-state index contributed by atoms with van der Waals surface area (Å²) in [7, 11) is 0. The van der Waals surface area contributed by atoms with Gasteiger partial charge in [-0.3, -0.25) is 4.79 Å². The summed E-state index contributed by atoms with van der Waals surface area (Å²) in [6, 6.07) is 9.80. The molecule has 1 aliphatic heterocycles. The lowest BCUT2D eigenvalue weighted by Gasteiger charge is -2.39. The Morgan fingerprint density at radius 3 is 2.67 bits per heavy atom. The van der Waals surface area contributed by atoms with Gasteiger partial charge < -0.3 is 10.2 Å². The van der Waals surface area contributed by atoms with Crippen molar-refractivity contribution in [2.45, 2.75) is 19.8 Å². The van der Waals surface area contributed by atoms with Gasteiger partial charge in [-0.15, -0.1) is 0 Å². The van der Waals surface area contributed by atoms with E-state index in [1.807, 2.05) is 24.3 Å². The Bertz CT molecular complexity index is 933. The number of para-hydroxylation sites is 1. The fraction of sp³-hybridized carbons (Fsp3) is 0.316. The van der Waals surface area contributed by atoms with Gasteiger partial charge in [0.2, 0.25) is 5.91 Å². The topological polar surface area (TPSA) is 88.8 Å². The molecule has 8 heteroatoms. The molecule has 138 valence electrons. The van der Waals surface area contributed by atoms with Crippen molar-refractivity contribution in [1.82, 2.24) is 24.7 Å². The summed E-state index contributed by atoms with van der Waals surface area (Å²) >= 11 is 0. The number of hydrogen-bond donors (Lipinski definition) is 1. The van der Waals surface area contributed by atoms with Gasteiger partial charge in [0.25, 0.3) is 0 Å². The quantitative estimate of drug-likeness (QED) is 0.748. The molecule has 1 aliphatic rings. The van der Waals surface area contributed by atoms with Crippen molar-refractivity contribution in [1.29, 1.82) is 0 Å². The lowest BCUT2D eigenvalue weighted by Crippen LogP contribution is -2.52. The van der Waals surface area contributed by atoms with Crippen LogP contribution in [0.3, 0.4) is 0 Å². The lowest BCUT2D eigenvalue weighted by atomic mass is 9.97. The van der Waals surface area contributed by atoms with Crippen LogP contribution in [0.1, 0.15) is 25.3 Å². The van der Waals surface area contributed by atoms with Crippen LogP contribution in [0.4, 0.5) is 11.5 Å². The van der Waals surface area contributed by atoms with Gasteiger partial charge in [0, 0.05) is 24.8 Å². The van der Waals surface area contributed by atoms with Crippen molar-refractivity contribution in [3.05, 3.63) is 54.9 Å². The largest absolute Gasteiger partial charge is 0.355 e. The molecule has 0 unspecified atom stereocenters. The van der Waals surface area contributed by atoms with Crippen LogP contribution in [0, 0.1) is 5.92 Å². The van der Waals surface area contributed by atoms with Crippen LogP contribution in [0.15, 0.2) is 49.3 Å². The van der Waals surface area contributed by atoms with Gasteiger partial charge >= 0.3 is 0 Å². The number of anilines is 2. The molecular formula is C19H21N7O. The van der Waals surface area contributed by atoms with Crippen LogP contribution in [-0.4, -0.2) is 43.7 Å². The Kier molecular flexibility index (Phi) is 4.53. The van der Waals surface area contributed by atoms with Gasteiger partial charge in [-0.25, -0.2) is 19.6 Å². The minimum Gasteiger partial charge on any atom is -0.355 e. The first kappa shape index (κ1) is 17.1. The van der Waals surface area contributed by atoms with E-state index in [4.69, 9.17) is 0 Å². The van der Waals surface area contributed by atoms with Crippen LogP contribution in [0.5, 0.6) is 0 Å². The number of rotatable bonds is 5. The molecule has 0 atom stereocenters. The molecule has 4 rings (SSSR count). The van der Waals surface area contributed by atoms with Crippen LogP contribution >= 0.6 is 0 Å². The first-order valence-corrected chi connectivity index (χ1v) is 8.93. The molecule has 3 heterocycles. The van der Waals surface area contributed by atoms with Gasteiger partial charge in [0.15, 0.2) is 5.82 Å². The fourth-order valence-corrected chi connectivity index (χ4v) is 3.14. The van der Waals surface area contributed by atoms with Gasteiger partial charge in [-0.2, -0.15) is 5.10 Å². The van der Waals surface area contributed by atoms with Crippen LogP contribution in [-0.2, 0) is 4.79 Å². The molecule has 2 aromatic heterocycles. The SMILES string of the molecule is CC(C)c1ccccc1NC(=O)C1CN(c2cc(-n3cncn3)ncn2)C1. The second kappa shape index (κ2) is 7.14. The number of hydrogen-bond acceptors (Lipinski definition) is 6. The highest BCUT2D eigenvalue weighted by Crippen LogP contribution is 2.27. The highest BCUT2D eigenvalue weighted by Gasteiger charge is 2.34. The second-order valence-electron chi connectivity index (χ2n) is 6.91. The molecule has 1 aromatic carbocycles. The first-order chi connectivity index (χ1) is 13.1. The Morgan fingerprint density at radius 1 is 1.15 bits per heavy atom. The molecular weight excluding hydrogens is 342 g/mol. The zero-order valence-corrected chi connectivity index (χ0v) is 15.3. The number of aromatic nitrogens is 5. The molecule has 0 spiro atoms. The average Bonchev–Trinajstić information content (AvgIpc) is 3.16. The number of amides is 1. The summed E-state index contributed by atoms with van der Waals surface area (Å²) in [6.45, 7) is 5.50. The van der Waals surface area contributed by atoms with Crippen LogP contribution in [0.2, 0.25) is 0 Å².